The van der Waals surface area contributed by atoms with E-state index in [1.807, 2.05) is 43.3 Å². The van der Waals surface area contributed by atoms with Crippen molar-refractivity contribution in [2.75, 3.05) is 5.01 Å². The van der Waals surface area contributed by atoms with E-state index < -0.39 is 0 Å². The molecule has 4 heteroatoms. The second kappa shape index (κ2) is 5.49. The summed E-state index contributed by atoms with van der Waals surface area (Å²) >= 11 is 0. The average molecular weight is 316 g/mol. The van der Waals surface area contributed by atoms with Crippen molar-refractivity contribution in [3.8, 4) is 0 Å². The second-order valence-electron chi connectivity index (χ2n) is 5.92. The van der Waals surface area contributed by atoms with Crippen LogP contribution in [0.15, 0.2) is 66.9 Å². The summed E-state index contributed by atoms with van der Waals surface area (Å²) in [5, 5.41) is 1.23. The van der Waals surface area contributed by atoms with Crippen molar-refractivity contribution < 1.29 is 9.59 Å². The molecule has 1 aliphatic heterocycles. The first-order chi connectivity index (χ1) is 11.7. The van der Waals surface area contributed by atoms with Gasteiger partial charge in [0.1, 0.15) is 0 Å². The molecule has 0 fully saturated rings. The molecule has 0 atom stereocenters. The molecular formula is C20H16N2O2. The molecule has 4 rings (SSSR count). The smallest absolute Gasteiger partial charge is 0.267 e. The molecule has 0 spiro atoms. The predicted octanol–water partition coefficient (Wildman–Crippen LogP) is 3.32. The molecule has 2 heterocycles. The summed E-state index contributed by atoms with van der Waals surface area (Å²) in [7, 11) is 0. The zero-order valence-electron chi connectivity index (χ0n) is 13.3. The Hall–Kier alpha value is -3.14. The first-order valence-electron chi connectivity index (χ1n) is 7.85. The van der Waals surface area contributed by atoms with E-state index in [2.05, 4.69) is 0 Å². The van der Waals surface area contributed by atoms with Gasteiger partial charge < -0.3 is 0 Å². The van der Waals surface area contributed by atoms with E-state index in [-0.39, 0.29) is 11.8 Å². The molecule has 0 saturated heterocycles. The largest absolute Gasteiger partial charge is 0.281 e. The quantitative estimate of drug-likeness (QED) is 0.696. The SMILES string of the molecule is Cc1ccn(N2C(=O)c3ccccc3C2=O)c1Cc1ccccc1. The zero-order chi connectivity index (χ0) is 16.7. The topological polar surface area (TPSA) is 42.3 Å². The summed E-state index contributed by atoms with van der Waals surface area (Å²) in [4.78, 5) is 25.4. The fraction of sp³-hybridized carbons (Fsp3) is 0.100. The van der Waals surface area contributed by atoms with E-state index >= 15 is 0 Å². The lowest BCUT2D eigenvalue weighted by Crippen LogP contribution is -2.40. The molecule has 2 aromatic carbocycles. The lowest BCUT2D eigenvalue weighted by atomic mass is 10.1. The maximum absolute atomic E-state index is 12.7. The van der Waals surface area contributed by atoms with Crippen LogP contribution in [-0.4, -0.2) is 16.5 Å². The Kier molecular flexibility index (Phi) is 3.31. The minimum absolute atomic E-state index is 0.277. The third-order valence-corrected chi connectivity index (χ3v) is 4.40. The van der Waals surface area contributed by atoms with Crippen LogP contribution in [0.5, 0.6) is 0 Å². The molecule has 1 aromatic heterocycles. The number of benzene rings is 2. The van der Waals surface area contributed by atoms with Crippen molar-refractivity contribution in [2.45, 2.75) is 13.3 Å². The molecule has 1 aliphatic rings. The van der Waals surface area contributed by atoms with Crippen LogP contribution in [0.2, 0.25) is 0 Å². The fourth-order valence-corrected chi connectivity index (χ4v) is 3.12. The number of hydrogen-bond donors (Lipinski definition) is 0. The molecule has 0 bridgehead atoms. The van der Waals surface area contributed by atoms with E-state index in [0.29, 0.717) is 17.5 Å². The van der Waals surface area contributed by atoms with Gasteiger partial charge in [-0.1, -0.05) is 42.5 Å². The summed E-state index contributed by atoms with van der Waals surface area (Å²) in [6.07, 6.45) is 2.45. The summed E-state index contributed by atoms with van der Waals surface area (Å²) in [5.41, 5.74) is 4.04. The minimum Gasteiger partial charge on any atom is -0.267 e. The number of fused-ring (bicyclic) bond motifs is 1. The van der Waals surface area contributed by atoms with Gasteiger partial charge in [0.2, 0.25) is 0 Å². The number of aromatic nitrogens is 1. The zero-order valence-corrected chi connectivity index (χ0v) is 13.3. The van der Waals surface area contributed by atoms with Gasteiger partial charge in [0.25, 0.3) is 11.8 Å². The minimum atomic E-state index is -0.277. The van der Waals surface area contributed by atoms with Crippen LogP contribution in [0.4, 0.5) is 0 Å². The maximum Gasteiger partial charge on any atom is 0.281 e. The van der Waals surface area contributed by atoms with E-state index in [4.69, 9.17) is 0 Å². The van der Waals surface area contributed by atoms with Crippen LogP contribution in [0, 0.1) is 6.92 Å². The van der Waals surface area contributed by atoms with E-state index in [9.17, 15) is 9.59 Å². The number of carbonyl (C=O) groups excluding carboxylic acids is 2. The molecule has 0 radical (unpaired) electrons. The summed E-state index contributed by atoms with van der Waals surface area (Å²) in [6, 6.07) is 18.9. The van der Waals surface area contributed by atoms with Gasteiger partial charge >= 0.3 is 0 Å². The standard InChI is InChI=1S/C20H16N2O2/c1-14-11-12-21(18(14)13-15-7-3-2-4-8-15)22-19(23)16-9-5-6-10-17(16)20(22)24/h2-12H,13H2,1H3. The Morgan fingerprint density at radius 1 is 0.792 bits per heavy atom. The third kappa shape index (κ3) is 2.15. The van der Waals surface area contributed by atoms with Crippen molar-refractivity contribution in [1.29, 1.82) is 0 Å². The van der Waals surface area contributed by atoms with Crippen LogP contribution in [0.3, 0.4) is 0 Å². The van der Waals surface area contributed by atoms with Gasteiger partial charge in [-0.15, -0.1) is 0 Å². The third-order valence-electron chi connectivity index (χ3n) is 4.40. The van der Waals surface area contributed by atoms with Gasteiger partial charge in [0.15, 0.2) is 0 Å². The Bertz CT molecular complexity index is 906. The highest BCUT2D eigenvalue weighted by Gasteiger charge is 2.37. The van der Waals surface area contributed by atoms with Crippen LogP contribution < -0.4 is 5.01 Å². The maximum atomic E-state index is 12.7. The monoisotopic (exact) mass is 316 g/mol. The Balaban J connectivity index is 1.77. The van der Waals surface area contributed by atoms with Gasteiger partial charge in [-0.2, -0.15) is 5.01 Å². The van der Waals surface area contributed by atoms with Crippen molar-refractivity contribution in [2.24, 2.45) is 0 Å². The lowest BCUT2D eigenvalue weighted by Gasteiger charge is -2.19. The van der Waals surface area contributed by atoms with Gasteiger partial charge in [0, 0.05) is 18.3 Å². The summed E-state index contributed by atoms with van der Waals surface area (Å²) in [5.74, 6) is -0.555. The molecule has 3 aromatic rings. The first kappa shape index (κ1) is 14.5. The number of aryl methyl sites for hydroxylation is 1. The molecule has 0 aliphatic carbocycles. The molecule has 0 saturated carbocycles. The second-order valence-corrected chi connectivity index (χ2v) is 5.92. The highest BCUT2D eigenvalue weighted by Crippen LogP contribution is 2.24. The van der Waals surface area contributed by atoms with E-state index in [1.165, 1.54) is 5.01 Å². The van der Waals surface area contributed by atoms with Gasteiger partial charge in [-0.05, 0) is 36.2 Å². The first-order valence-corrected chi connectivity index (χ1v) is 7.85. The van der Waals surface area contributed by atoms with Crippen LogP contribution >= 0.6 is 0 Å². The van der Waals surface area contributed by atoms with Crippen molar-refractivity contribution in [3.63, 3.8) is 0 Å². The van der Waals surface area contributed by atoms with Crippen LogP contribution in [0.25, 0.3) is 0 Å². The number of rotatable bonds is 3. The van der Waals surface area contributed by atoms with Gasteiger partial charge in [-0.25, -0.2) is 0 Å². The highest BCUT2D eigenvalue weighted by atomic mass is 16.2. The molecule has 4 nitrogen and oxygen atoms in total. The molecule has 2 amide bonds. The Morgan fingerprint density at radius 3 is 2.00 bits per heavy atom. The van der Waals surface area contributed by atoms with Crippen molar-refractivity contribution in [3.05, 3.63) is 94.8 Å². The summed E-state index contributed by atoms with van der Waals surface area (Å²) in [6.45, 7) is 1.99. The Morgan fingerprint density at radius 2 is 1.38 bits per heavy atom. The normalized spacial score (nSPS) is 13.5. The Labute approximate surface area is 139 Å². The van der Waals surface area contributed by atoms with Gasteiger partial charge in [0.05, 0.1) is 11.1 Å². The number of hydrogen-bond acceptors (Lipinski definition) is 2. The molecule has 0 unspecified atom stereocenters. The van der Waals surface area contributed by atoms with Crippen LogP contribution in [-0.2, 0) is 6.42 Å². The number of carbonyl (C=O) groups is 2. The summed E-state index contributed by atoms with van der Waals surface area (Å²) < 4.78 is 1.69. The van der Waals surface area contributed by atoms with Crippen molar-refractivity contribution >= 4 is 11.8 Å². The molecule has 118 valence electrons. The number of amides is 2. The molecular weight excluding hydrogens is 300 g/mol. The average Bonchev–Trinajstić information content (AvgIpc) is 3.08. The predicted molar refractivity (Wildman–Crippen MR) is 91.7 cm³/mol. The van der Waals surface area contributed by atoms with Crippen LogP contribution in [0.1, 0.15) is 37.5 Å². The number of imide groups is 1. The lowest BCUT2D eigenvalue weighted by molar-refractivity contribution is 0.0885. The van der Waals surface area contributed by atoms with E-state index in [1.54, 1.807) is 35.1 Å². The molecule has 0 N–H and O–H groups in total. The highest BCUT2D eigenvalue weighted by molar-refractivity contribution is 6.30. The number of nitrogens with zero attached hydrogens (tertiary/aromatic N) is 2. The van der Waals surface area contributed by atoms with Gasteiger partial charge in [-0.3, -0.25) is 14.3 Å². The fourth-order valence-electron chi connectivity index (χ4n) is 3.12. The molecule has 24 heavy (non-hydrogen) atoms. The van der Waals surface area contributed by atoms with E-state index in [0.717, 1.165) is 16.8 Å². The van der Waals surface area contributed by atoms with Crippen molar-refractivity contribution in [1.82, 2.24) is 4.68 Å².